The lowest BCUT2D eigenvalue weighted by molar-refractivity contribution is -0.140. The highest BCUT2D eigenvalue weighted by Gasteiger charge is 2.06. The van der Waals surface area contributed by atoms with Gasteiger partial charge in [0.15, 0.2) is 5.58 Å². The zero-order valence-corrected chi connectivity index (χ0v) is 9.40. The van der Waals surface area contributed by atoms with Crippen LogP contribution in [0.4, 0.5) is 11.7 Å². The summed E-state index contributed by atoms with van der Waals surface area (Å²) >= 11 is 0. The molecule has 0 aliphatic carbocycles. The van der Waals surface area contributed by atoms with Crippen molar-refractivity contribution in [3.8, 4) is 0 Å². The highest BCUT2D eigenvalue weighted by molar-refractivity contribution is 5.78. The molecule has 2 aromatic rings. The highest BCUT2D eigenvalue weighted by atomic mass is 16.5. The smallest absolute Gasteiger partial charge is 0.307 e. The molecule has 1 aromatic heterocycles. The molecule has 90 valence electrons. The van der Waals surface area contributed by atoms with Gasteiger partial charge in [-0.2, -0.15) is 4.98 Å². The topological polar surface area (TPSA) is 90.4 Å². The maximum Gasteiger partial charge on any atom is 0.307 e. The Morgan fingerprint density at radius 1 is 1.59 bits per heavy atom. The molecule has 0 radical (unpaired) electrons. The first-order chi connectivity index (χ1) is 8.19. The molecule has 6 heteroatoms. The first-order valence-electron chi connectivity index (χ1n) is 5.16. The van der Waals surface area contributed by atoms with Gasteiger partial charge in [0.25, 0.3) is 6.01 Å². The Morgan fingerprint density at radius 3 is 3.18 bits per heavy atom. The van der Waals surface area contributed by atoms with Crippen LogP contribution in [0.2, 0.25) is 0 Å². The minimum absolute atomic E-state index is 0.261. The summed E-state index contributed by atoms with van der Waals surface area (Å²) in [7, 11) is 1.35. The van der Waals surface area contributed by atoms with E-state index in [1.807, 2.05) is 0 Å². The lowest BCUT2D eigenvalue weighted by atomic mass is 10.3. The van der Waals surface area contributed by atoms with Gasteiger partial charge in [-0.25, -0.2) is 0 Å². The molecule has 2 rings (SSSR count). The number of carbonyl (C=O) groups excluding carboxylic acids is 1. The van der Waals surface area contributed by atoms with Gasteiger partial charge in [0, 0.05) is 18.3 Å². The number of anilines is 2. The maximum atomic E-state index is 10.9. The molecule has 0 aliphatic heterocycles. The van der Waals surface area contributed by atoms with E-state index in [9.17, 15) is 4.79 Å². The SMILES string of the molecule is COC(=O)CCNc1nc2ccc(N)cc2o1. The number of benzene rings is 1. The van der Waals surface area contributed by atoms with Crippen molar-refractivity contribution in [1.82, 2.24) is 4.98 Å². The molecular weight excluding hydrogens is 222 g/mol. The number of methoxy groups -OCH3 is 1. The normalized spacial score (nSPS) is 10.4. The number of nitrogen functional groups attached to an aromatic ring is 1. The molecule has 0 saturated heterocycles. The van der Waals surface area contributed by atoms with Crippen LogP contribution in [0, 0.1) is 0 Å². The fraction of sp³-hybridized carbons (Fsp3) is 0.273. The van der Waals surface area contributed by atoms with Crippen molar-refractivity contribution in [2.45, 2.75) is 6.42 Å². The predicted octanol–water partition coefficient (Wildman–Crippen LogP) is 1.38. The third-order valence-corrected chi connectivity index (χ3v) is 2.25. The number of esters is 1. The molecule has 0 amide bonds. The Labute approximate surface area is 97.8 Å². The highest BCUT2D eigenvalue weighted by Crippen LogP contribution is 2.20. The molecule has 1 heterocycles. The lowest BCUT2D eigenvalue weighted by Gasteiger charge is -1.99. The van der Waals surface area contributed by atoms with Gasteiger partial charge in [0.1, 0.15) is 5.52 Å². The van der Waals surface area contributed by atoms with Gasteiger partial charge in [-0.1, -0.05) is 0 Å². The van der Waals surface area contributed by atoms with Gasteiger partial charge in [-0.15, -0.1) is 0 Å². The molecule has 0 unspecified atom stereocenters. The van der Waals surface area contributed by atoms with Gasteiger partial charge < -0.3 is 20.2 Å². The second-order valence-electron chi connectivity index (χ2n) is 3.50. The Balaban J connectivity index is 2.02. The summed E-state index contributed by atoms with van der Waals surface area (Å²) in [5, 5.41) is 2.90. The van der Waals surface area contributed by atoms with E-state index in [0.29, 0.717) is 23.8 Å². The quantitative estimate of drug-likeness (QED) is 0.614. The molecule has 3 N–H and O–H groups in total. The summed E-state index contributed by atoms with van der Waals surface area (Å²) in [6.45, 7) is 0.412. The van der Waals surface area contributed by atoms with Crippen molar-refractivity contribution < 1.29 is 13.9 Å². The maximum absolute atomic E-state index is 10.9. The number of aromatic nitrogens is 1. The standard InChI is InChI=1S/C11H13N3O3/c1-16-10(15)4-5-13-11-14-8-3-2-7(12)6-9(8)17-11/h2-3,6H,4-5,12H2,1H3,(H,13,14). The molecule has 0 atom stereocenters. The summed E-state index contributed by atoms with van der Waals surface area (Å²) < 4.78 is 9.93. The first kappa shape index (κ1) is 11.3. The van der Waals surface area contributed by atoms with Crippen molar-refractivity contribution in [3.05, 3.63) is 18.2 Å². The average Bonchev–Trinajstić information content (AvgIpc) is 2.70. The Morgan fingerprint density at radius 2 is 2.41 bits per heavy atom. The lowest BCUT2D eigenvalue weighted by Crippen LogP contribution is -2.09. The number of rotatable bonds is 4. The van der Waals surface area contributed by atoms with E-state index >= 15 is 0 Å². The van der Waals surface area contributed by atoms with Crippen molar-refractivity contribution in [3.63, 3.8) is 0 Å². The molecule has 6 nitrogen and oxygen atoms in total. The average molecular weight is 235 g/mol. The number of nitrogens with one attached hydrogen (secondary N) is 1. The van der Waals surface area contributed by atoms with Crippen LogP contribution in [0.5, 0.6) is 0 Å². The van der Waals surface area contributed by atoms with Crippen LogP contribution in [0.25, 0.3) is 11.1 Å². The van der Waals surface area contributed by atoms with Crippen LogP contribution >= 0.6 is 0 Å². The van der Waals surface area contributed by atoms with E-state index in [0.717, 1.165) is 5.52 Å². The minimum Gasteiger partial charge on any atom is -0.469 e. The Hall–Kier alpha value is -2.24. The van der Waals surface area contributed by atoms with E-state index in [4.69, 9.17) is 10.2 Å². The summed E-state index contributed by atoms with van der Waals surface area (Å²) in [4.78, 5) is 15.1. The Kier molecular flexibility index (Phi) is 3.13. The fourth-order valence-corrected chi connectivity index (χ4v) is 1.39. The van der Waals surface area contributed by atoms with Gasteiger partial charge >= 0.3 is 5.97 Å². The monoisotopic (exact) mass is 235 g/mol. The zero-order valence-electron chi connectivity index (χ0n) is 9.40. The minimum atomic E-state index is -0.280. The Bertz CT molecular complexity index is 536. The third-order valence-electron chi connectivity index (χ3n) is 2.25. The van der Waals surface area contributed by atoms with Crippen LogP contribution in [-0.2, 0) is 9.53 Å². The van der Waals surface area contributed by atoms with Gasteiger partial charge in [-0.05, 0) is 12.1 Å². The van der Waals surface area contributed by atoms with Gasteiger partial charge in [0.05, 0.1) is 13.5 Å². The molecule has 17 heavy (non-hydrogen) atoms. The molecule has 0 saturated carbocycles. The van der Waals surface area contributed by atoms with E-state index in [1.54, 1.807) is 18.2 Å². The second-order valence-corrected chi connectivity index (χ2v) is 3.50. The number of hydrogen-bond donors (Lipinski definition) is 2. The van der Waals surface area contributed by atoms with Crippen molar-refractivity contribution in [2.24, 2.45) is 0 Å². The van der Waals surface area contributed by atoms with E-state index in [1.165, 1.54) is 7.11 Å². The van der Waals surface area contributed by atoms with E-state index in [2.05, 4.69) is 15.0 Å². The van der Waals surface area contributed by atoms with Crippen molar-refractivity contribution >= 4 is 28.8 Å². The summed E-state index contributed by atoms with van der Waals surface area (Å²) in [6.07, 6.45) is 0.261. The number of nitrogens with zero attached hydrogens (tertiary/aromatic N) is 1. The van der Waals surface area contributed by atoms with Gasteiger partial charge in [-0.3, -0.25) is 4.79 Å². The number of oxazole rings is 1. The summed E-state index contributed by atoms with van der Waals surface area (Å²) in [6, 6.07) is 5.60. The molecular formula is C11H13N3O3. The molecule has 0 aliphatic rings. The molecule has 0 fully saturated rings. The van der Waals surface area contributed by atoms with E-state index in [-0.39, 0.29) is 12.4 Å². The molecule has 1 aromatic carbocycles. The van der Waals surface area contributed by atoms with E-state index < -0.39 is 0 Å². The predicted molar refractivity (Wildman–Crippen MR) is 63.5 cm³/mol. The number of ether oxygens (including phenoxy) is 1. The van der Waals surface area contributed by atoms with Crippen LogP contribution in [-0.4, -0.2) is 24.6 Å². The summed E-state index contributed by atoms with van der Waals surface area (Å²) in [5.41, 5.74) is 7.58. The van der Waals surface area contributed by atoms with Gasteiger partial charge in [0.2, 0.25) is 0 Å². The summed E-state index contributed by atoms with van der Waals surface area (Å²) in [5.74, 6) is -0.280. The number of nitrogens with two attached hydrogens (primary N) is 1. The third kappa shape index (κ3) is 2.66. The molecule has 0 spiro atoms. The van der Waals surface area contributed by atoms with Crippen LogP contribution in [0.15, 0.2) is 22.6 Å². The number of hydrogen-bond acceptors (Lipinski definition) is 6. The van der Waals surface area contributed by atoms with Crippen LogP contribution < -0.4 is 11.1 Å². The van der Waals surface area contributed by atoms with Crippen LogP contribution in [0.1, 0.15) is 6.42 Å². The van der Waals surface area contributed by atoms with Crippen LogP contribution in [0.3, 0.4) is 0 Å². The first-order valence-corrected chi connectivity index (χ1v) is 5.16. The molecule has 0 bridgehead atoms. The largest absolute Gasteiger partial charge is 0.469 e. The number of fused-ring (bicyclic) bond motifs is 1. The second kappa shape index (κ2) is 4.73. The zero-order chi connectivity index (χ0) is 12.3. The van der Waals surface area contributed by atoms with Crippen molar-refractivity contribution in [1.29, 1.82) is 0 Å². The fourth-order valence-electron chi connectivity index (χ4n) is 1.39. The van der Waals surface area contributed by atoms with Crippen molar-refractivity contribution in [2.75, 3.05) is 24.7 Å². The number of carbonyl (C=O) groups is 1.